The molecule has 0 heterocycles. The molecule has 0 saturated carbocycles. The summed E-state index contributed by atoms with van der Waals surface area (Å²) in [5, 5.41) is 64.8. The third-order valence-corrected chi connectivity index (χ3v) is 3.24. The molecule has 0 aliphatic carbocycles. The van der Waals surface area contributed by atoms with E-state index in [0.29, 0.717) is 0 Å². The predicted octanol–water partition coefficient (Wildman–Crippen LogP) is -1.40. The van der Waals surface area contributed by atoms with Crippen molar-refractivity contribution in [1.29, 1.82) is 0 Å². The zero-order chi connectivity index (χ0) is 35.2. The Morgan fingerprint density at radius 2 is 0.619 bits per heavy atom. The maximum absolute atomic E-state index is 10.3. The molecule has 18 nitrogen and oxygen atoms in total. The molecule has 0 atom stereocenters. The lowest BCUT2D eigenvalue weighted by Gasteiger charge is -2.05. The third-order valence-electron chi connectivity index (χ3n) is 3.24. The first-order chi connectivity index (χ1) is 19.1. The van der Waals surface area contributed by atoms with Gasteiger partial charge >= 0.3 is 35.8 Å². The number of carboxylic acid groups (broad SMARTS) is 4. The molecule has 0 aromatic heterocycles. The van der Waals surface area contributed by atoms with Gasteiger partial charge in [-0.3, -0.25) is 0 Å². The Kier molecular flexibility index (Phi) is 39.3. The summed E-state index contributed by atoms with van der Waals surface area (Å²) in [5.74, 6) is 1.74. The number of aliphatic hydroxyl groups excluding tert-OH is 4. The second-order valence-corrected chi connectivity index (χ2v) is 7.34. The highest BCUT2D eigenvalue weighted by Crippen LogP contribution is 1.94. The number of carbonyl (C=O) groups is 6. The molecule has 0 unspecified atom stereocenters. The molecular formula is C24H42N2O16. The van der Waals surface area contributed by atoms with Gasteiger partial charge in [0.2, 0.25) is 0 Å². The fourth-order valence-corrected chi connectivity index (χ4v) is 0.606. The molecule has 0 radical (unpaired) electrons. The van der Waals surface area contributed by atoms with E-state index in [1.165, 1.54) is 27.7 Å². The normalized spacial score (nSPS) is 8.48. The highest BCUT2D eigenvalue weighted by Gasteiger charge is 2.17. The summed E-state index contributed by atoms with van der Waals surface area (Å²) in [7, 11) is 0. The zero-order valence-electron chi connectivity index (χ0n) is 23.8. The van der Waals surface area contributed by atoms with Gasteiger partial charge in [-0.15, -0.1) is 0 Å². The summed E-state index contributed by atoms with van der Waals surface area (Å²) in [5.41, 5.74) is 0.704. The molecule has 18 heteroatoms. The topological polar surface area (TPSA) is 335 Å². The number of nitrogens with two attached hydrogens (primary N) is 2. The zero-order valence-corrected chi connectivity index (χ0v) is 23.8. The minimum absolute atomic E-state index is 0.176. The molecule has 0 amide bonds. The van der Waals surface area contributed by atoms with Crippen molar-refractivity contribution < 1.29 is 79.3 Å². The largest absolute Gasteiger partial charge is 0.478 e. The van der Waals surface area contributed by atoms with E-state index in [1.807, 2.05) is 0 Å². The van der Waals surface area contributed by atoms with Crippen LogP contribution in [0.25, 0.3) is 0 Å². The fraction of sp³-hybridized carbons (Fsp3) is 0.417. The van der Waals surface area contributed by atoms with Gasteiger partial charge in [0.25, 0.3) is 0 Å². The molecule has 0 aliphatic heterocycles. The number of aliphatic carboxylic acids is 4. The van der Waals surface area contributed by atoms with E-state index in [1.54, 1.807) is 0 Å². The SMILES string of the molecule is C=C(C)C(=O)O.C=C(C)C(=O)O.C=C(C)C(=O)O.C=C(C)C(=O)O.NOC(=O)C(CO)CO.NOC(=O)C(CO)CO. The maximum atomic E-state index is 10.3. The van der Waals surface area contributed by atoms with E-state index in [9.17, 15) is 28.8 Å². The monoisotopic (exact) mass is 614 g/mol. The fourth-order valence-electron chi connectivity index (χ4n) is 0.606. The Hall–Kier alpha value is -4.46. The van der Waals surface area contributed by atoms with Crippen LogP contribution in [0, 0.1) is 11.8 Å². The number of carbonyl (C=O) groups excluding carboxylic acids is 2. The standard InChI is InChI=1S/2C4H9NO4.4C4H6O2/c2*5-9-4(8)3(1-6)2-7;4*1-3(2)4(5)6/h2*3,6-7H,1-2,5H2;4*1H2,2H3,(H,5,6). The van der Waals surface area contributed by atoms with Crippen LogP contribution in [-0.2, 0) is 38.4 Å². The van der Waals surface area contributed by atoms with Crippen LogP contribution >= 0.6 is 0 Å². The van der Waals surface area contributed by atoms with Gasteiger partial charge < -0.3 is 50.5 Å². The number of aliphatic hydroxyl groups is 4. The Bertz CT molecular complexity index is 723. The van der Waals surface area contributed by atoms with E-state index >= 15 is 0 Å². The van der Waals surface area contributed by atoms with E-state index in [0.717, 1.165) is 0 Å². The van der Waals surface area contributed by atoms with Crippen molar-refractivity contribution in [3.63, 3.8) is 0 Å². The van der Waals surface area contributed by atoms with E-state index < -0.39 is 74.1 Å². The van der Waals surface area contributed by atoms with E-state index in [2.05, 4.69) is 47.8 Å². The first-order valence-corrected chi connectivity index (χ1v) is 10.9. The molecule has 42 heavy (non-hydrogen) atoms. The summed E-state index contributed by atoms with van der Waals surface area (Å²) in [6.07, 6.45) is 0. The van der Waals surface area contributed by atoms with Crippen molar-refractivity contribution >= 4 is 35.8 Å². The first-order valence-electron chi connectivity index (χ1n) is 10.9. The van der Waals surface area contributed by atoms with Crippen LogP contribution in [0.2, 0.25) is 0 Å². The van der Waals surface area contributed by atoms with Crippen molar-refractivity contribution in [2.75, 3.05) is 26.4 Å². The van der Waals surface area contributed by atoms with Crippen molar-refractivity contribution in [2.45, 2.75) is 27.7 Å². The van der Waals surface area contributed by atoms with Crippen LogP contribution in [-0.4, -0.2) is 103 Å². The van der Waals surface area contributed by atoms with E-state index in [4.69, 9.17) is 40.9 Å². The average Bonchev–Trinajstić information content (AvgIpc) is 2.91. The molecular weight excluding hydrogens is 572 g/mol. The van der Waals surface area contributed by atoms with Gasteiger partial charge in [-0.05, 0) is 27.7 Å². The maximum Gasteiger partial charge on any atom is 0.332 e. The summed E-state index contributed by atoms with van der Waals surface area (Å²) < 4.78 is 0. The molecule has 12 N–H and O–H groups in total. The molecule has 0 saturated heterocycles. The third kappa shape index (κ3) is 42.6. The smallest absolute Gasteiger partial charge is 0.332 e. The molecule has 0 spiro atoms. The molecule has 0 rings (SSSR count). The quantitative estimate of drug-likeness (QED) is 0.0997. The summed E-state index contributed by atoms with van der Waals surface area (Å²) >= 11 is 0. The Morgan fingerprint density at radius 3 is 0.643 bits per heavy atom. The van der Waals surface area contributed by atoms with Gasteiger partial charge in [-0.2, -0.15) is 11.8 Å². The van der Waals surface area contributed by atoms with Gasteiger partial charge in [0, 0.05) is 22.3 Å². The van der Waals surface area contributed by atoms with Gasteiger partial charge in [0.1, 0.15) is 11.8 Å². The minimum Gasteiger partial charge on any atom is -0.478 e. The summed E-state index contributed by atoms with van der Waals surface area (Å²) in [6.45, 7) is 16.6. The van der Waals surface area contributed by atoms with Crippen LogP contribution in [0.5, 0.6) is 0 Å². The van der Waals surface area contributed by atoms with Crippen LogP contribution in [0.4, 0.5) is 0 Å². The molecule has 0 bridgehead atoms. The number of carboxylic acids is 4. The summed E-state index contributed by atoms with van der Waals surface area (Å²) in [4.78, 5) is 66.5. The van der Waals surface area contributed by atoms with Crippen molar-refractivity contribution in [3.8, 4) is 0 Å². The lowest BCUT2D eigenvalue weighted by molar-refractivity contribution is -0.153. The van der Waals surface area contributed by atoms with E-state index in [-0.39, 0.29) is 22.3 Å². The number of hydrogen-bond donors (Lipinski definition) is 10. The van der Waals surface area contributed by atoms with Crippen LogP contribution in [0.15, 0.2) is 48.6 Å². The molecule has 0 aliphatic rings. The average molecular weight is 615 g/mol. The van der Waals surface area contributed by atoms with Crippen LogP contribution in [0.3, 0.4) is 0 Å². The van der Waals surface area contributed by atoms with Crippen molar-refractivity contribution in [3.05, 3.63) is 48.6 Å². The van der Waals surface area contributed by atoms with Gasteiger partial charge in [-0.1, -0.05) is 26.3 Å². The Morgan fingerprint density at radius 1 is 0.500 bits per heavy atom. The Balaban J connectivity index is -0.0000000936. The lowest BCUT2D eigenvalue weighted by Crippen LogP contribution is -2.26. The van der Waals surface area contributed by atoms with Gasteiger partial charge in [0.15, 0.2) is 0 Å². The highest BCUT2D eigenvalue weighted by molar-refractivity contribution is 5.85. The van der Waals surface area contributed by atoms with Crippen LogP contribution in [0.1, 0.15) is 27.7 Å². The number of hydrogen-bond acceptors (Lipinski definition) is 14. The minimum atomic E-state index is -0.935. The van der Waals surface area contributed by atoms with Crippen LogP contribution < -0.4 is 11.8 Å². The van der Waals surface area contributed by atoms with Gasteiger partial charge in [0.05, 0.1) is 26.4 Å². The van der Waals surface area contributed by atoms with Crippen molar-refractivity contribution in [1.82, 2.24) is 0 Å². The second kappa shape index (κ2) is 32.8. The number of rotatable bonds is 10. The Labute approximate surface area is 242 Å². The predicted molar refractivity (Wildman–Crippen MR) is 146 cm³/mol. The molecule has 0 aromatic carbocycles. The van der Waals surface area contributed by atoms with Crippen molar-refractivity contribution in [2.24, 2.45) is 23.6 Å². The molecule has 0 aromatic rings. The summed E-state index contributed by atoms with van der Waals surface area (Å²) in [6, 6.07) is 0. The second-order valence-electron chi connectivity index (χ2n) is 7.34. The molecule has 0 fully saturated rings. The van der Waals surface area contributed by atoms with Gasteiger partial charge in [-0.25, -0.2) is 28.8 Å². The first kappa shape index (κ1) is 50.4. The highest BCUT2D eigenvalue weighted by atomic mass is 16.7. The lowest BCUT2D eigenvalue weighted by atomic mass is 10.2. The molecule has 244 valence electrons.